The Hall–Kier alpha value is -1.89. The molecule has 1 heterocycles. The summed E-state index contributed by atoms with van der Waals surface area (Å²) < 4.78 is 41.3. The minimum atomic E-state index is -3.61. The summed E-state index contributed by atoms with van der Waals surface area (Å²) in [6.45, 7) is 3.80. The third-order valence-corrected chi connectivity index (χ3v) is 3.90. The van der Waals surface area contributed by atoms with Crippen LogP contribution in [-0.2, 0) is 15.8 Å². The Kier molecular flexibility index (Phi) is 4.08. The maximum absolute atomic E-state index is 13.1. The van der Waals surface area contributed by atoms with Crippen LogP contribution in [0.15, 0.2) is 36.5 Å². The van der Waals surface area contributed by atoms with Gasteiger partial charge in [-0.1, -0.05) is 12.1 Å². The highest BCUT2D eigenvalue weighted by molar-refractivity contribution is 7.91. The molecule has 1 N–H and O–H groups in total. The maximum atomic E-state index is 13.1. The smallest absolute Gasteiger partial charge is 0.238 e. The standard InChI is InChI=1S/C13H16FN3O2S/c1-10(2)17-13(6-7-15-17)16-20(18,19)9-11-4-3-5-12(14)8-11/h3-8,10,16H,9H2,1-2H3. The molecule has 1 aromatic heterocycles. The molecule has 0 saturated heterocycles. The van der Waals surface area contributed by atoms with E-state index in [0.717, 1.165) is 0 Å². The highest BCUT2D eigenvalue weighted by Crippen LogP contribution is 2.16. The predicted molar refractivity (Wildman–Crippen MR) is 75.3 cm³/mol. The zero-order valence-corrected chi connectivity index (χ0v) is 12.1. The van der Waals surface area contributed by atoms with Crippen molar-refractivity contribution in [2.75, 3.05) is 4.72 Å². The molecule has 2 aromatic rings. The Labute approximate surface area is 117 Å². The van der Waals surface area contributed by atoms with Crippen molar-refractivity contribution in [1.82, 2.24) is 9.78 Å². The average Bonchev–Trinajstić information content (AvgIpc) is 2.75. The fourth-order valence-corrected chi connectivity index (χ4v) is 3.02. The van der Waals surface area contributed by atoms with E-state index >= 15 is 0 Å². The minimum Gasteiger partial charge on any atom is -0.267 e. The number of aromatic nitrogens is 2. The molecule has 0 aliphatic rings. The van der Waals surface area contributed by atoms with Gasteiger partial charge in [-0.15, -0.1) is 0 Å². The van der Waals surface area contributed by atoms with Crippen LogP contribution in [0.25, 0.3) is 0 Å². The van der Waals surface area contributed by atoms with Crippen molar-refractivity contribution in [2.24, 2.45) is 0 Å². The minimum absolute atomic E-state index is 0.0388. The quantitative estimate of drug-likeness (QED) is 0.922. The Morgan fingerprint density at radius 1 is 1.35 bits per heavy atom. The summed E-state index contributed by atoms with van der Waals surface area (Å²) >= 11 is 0. The molecule has 1 aromatic carbocycles. The van der Waals surface area contributed by atoms with Crippen molar-refractivity contribution in [3.05, 3.63) is 47.9 Å². The predicted octanol–water partition coefficient (Wildman–Crippen LogP) is 2.55. The maximum Gasteiger partial charge on any atom is 0.238 e. The van der Waals surface area contributed by atoms with Gasteiger partial charge in [-0.3, -0.25) is 4.72 Å². The first-order chi connectivity index (χ1) is 9.37. The van der Waals surface area contributed by atoms with Crippen LogP contribution in [-0.4, -0.2) is 18.2 Å². The zero-order chi connectivity index (χ0) is 14.8. The van der Waals surface area contributed by atoms with E-state index in [9.17, 15) is 12.8 Å². The fraction of sp³-hybridized carbons (Fsp3) is 0.308. The number of nitrogens with one attached hydrogen (secondary N) is 1. The van der Waals surface area contributed by atoms with Crippen molar-refractivity contribution >= 4 is 15.8 Å². The molecule has 5 nitrogen and oxygen atoms in total. The molecule has 0 aliphatic heterocycles. The van der Waals surface area contributed by atoms with Crippen LogP contribution in [0.3, 0.4) is 0 Å². The van der Waals surface area contributed by atoms with Crippen LogP contribution in [0.4, 0.5) is 10.2 Å². The normalized spacial score (nSPS) is 11.8. The molecular weight excluding hydrogens is 281 g/mol. The summed E-state index contributed by atoms with van der Waals surface area (Å²) in [5, 5.41) is 4.05. The summed E-state index contributed by atoms with van der Waals surface area (Å²) in [6, 6.07) is 7.16. The van der Waals surface area contributed by atoms with E-state index in [2.05, 4.69) is 9.82 Å². The molecule has 0 fully saturated rings. The number of anilines is 1. The van der Waals surface area contributed by atoms with E-state index in [1.165, 1.54) is 24.4 Å². The Morgan fingerprint density at radius 2 is 2.10 bits per heavy atom. The molecule has 0 atom stereocenters. The zero-order valence-electron chi connectivity index (χ0n) is 11.2. The fourth-order valence-electron chi connectivity index (χ4n) is 1.85. The first-order valence-electron chi connectivity index (χ1n) is 6.16. The number of hydrogen-bond acceptors (Lipinski definition) is 3. The third kappa shape index (κ3) is 3.57. The highest BCUT2D eigenvalue weighted by Gasteiger charge is 2.15. The molecule has 2 rings (SSSR count). The summed E-state index contributed by atoms with van der Waals surface area (Å²) in [4.78, 5) is 0. The van der Waals surface area contributed by atoms with Gasteiger partial charge in [0.05, 0.1) is 11.9 Å². The van der Waals surface area contributed by atoms with Gasteiger partial charge in [0.1, 0.15) is 11.6 Å². The SMILES string of the molecule is CC(C)n1nccc1NS(=O)(=O)Cc1cccc(F)c1. The van der Waals surface area contributed by atoms with Crippen LogP contribution in [0, 0.1) is 5.82 Å². The number of benzene rings is 1. The lowest BCUT2D eigenvalue weighted by molar-refractivity contribution is 0.539. The molecule has 7 heteroatoms. The van der Waals surface area contributed by atoms with Gasteiger partial charge in [-0.2, -0.15) is 5.10 Å². The van der Waals surface area contributed by atoms with Gasteiger partial charge in [0.25, 0.3) is 0 Å². The molecule has 0 amide bonds. The number of hydrogen-bond donors (Lipinski definition) is 1. The molecule has 20 heavy (non-hydrogen) atoms. The van der Waals surface area contributed by atoms with E-state index in [0.29, 0.717) is 11.4 Å². The van der Waals surface area contributed by atoms with Crippen molar-refractivity contribution < 1.29 is 12.8 Å². The van der Waals surface area contributed by atoms with Crippen LogP contribution in [0.2, 0.25) is 0 Å². The van der Waals surface area contributed by atoms with Gasteiger partial charge >= 0.3 is 0 Å². The summed E-state index contributed by atoms with van der Waals surface area (Å²) in [5.41, 5.74) is 0.396. The molecule has 0 aliphatic carbocycles. The molecular formula is C13H16FN3O2S. The van der Waals surface area contributed by atoms with E-state index in [1.807, 2.05) is 13.8 Å². The topological polar surface area (TPSA) is 64.0 Å². The number of sulfonamides is 1. The Bertz CT molecular complexity index is 695. The third-order valence-electron chi connectivity index (χ3n) is 2.67. The molecule has 0 radical (unpaired) electrons. The van der Waals surface area contributed by atoms with Gasteiger partial charge in [0, 0.05) is 12.1 Å². The highest BCUT2D eigenvalue weighted by atomic mass is 32.2. The number of nitrogens with zero attached hydrogens (tertiary/aromatic N) is 2. The number of halogens is 1. The average molecular weight is 297 g/mol. The van der Waals surface area contributed by atoms with Gasteiger partial charge in [-0.25, -0.2) is 17.5 Å². The lowest BCUT2D eigenvalue weighted by Gasteiger charge is -2.13. The summed E-state index contributed by atoms with van der Waals surface area (Å²) in [7, 11) is -3.61. The molecule has 108 valence electrons. The number of rotatable bonds is 5. The molecule has 0 spiro atoms. The van der Waals surface area contributed by atoms with Crippen molar-refractivity contribution in [3.8, 4) is 0 Å². The summed E-state index contributed by atoms with van der Waals surface area (Å²) in [5.74, 6) is -0.338. The van der Waals surface area contributed by atoms with E-state index in [1.54, 1.807) is 16.8 Å². The first-order valence-corrected chi connectivity index (χ1v) is 7.81. The Morgan fingerprint density at radius 3 is 2.75 bits per heavy atom. The van der Waals surface area contributed by atoms with Crippen LogP contribution < -0.4 is 4.72 Å². The van der Waals surface area contributed by atoms with Crippen LogP contribution in [0.1, 0.15) is 25.5 Å². The summed E-state index contributed by atoms with van der Waals surface area (Å²) in [6.07, 6.45) is 1.53. The molecule has 0 bridgehead atoms. The second kappa shape index (κ2) is 5.62. The van der Waals surface area contributed by atoms with Gasteiger partial charge in [0.2, 0.25) is 10.0 Å². The molecule has 0 saturated carbocycles. The van der Waals surface area contributed by atoms with Crippen LogP contribution >= 0.6 is 0 Å². The first kappa shape index (κ1) is 14.5. The molecule has 0 unspecified atom stereocenters. The van der Waals surface area contributed by atoms with Gasteiger partial charge in [-0.05, 0) is 31.5 Å². The van der Waals surface area contributed by atoms with Gasteiger partial charge < -0.3 is 0 Å². The van der Waals surface area contributed by atoms with Crippen LogP contribution in [0.5, 0.6) is 0 Å². The Balaban J connectivity index is 2.17. The van der Waals surface area contributed by atoms with E-state index in [-0.39, 0.29) is 11.8 Å². The van der Waals surface area contributed by atoms with Crippen molar-refractivity contribution in [3.63, 3.8) is 0 Å². The van der Waals surface area contributed by atoms with Crippen molar-refractivity contribution in [2.45, 2.75) is 25.6 Å². The van der Waals surface area contributed by atoms with E-state index in [4.69, 9.17) is 0 Å². The lowest BCUT2D eigenvalue weighted by atomic mass is 10.2. The lowest BCUT2D eigenvalue weighted by Crippen LogP contribution is -2.18. The van der Waals surface area contributed by atoms with Gasteiger partial charge in [0.15, 0.2) is 0 Å². The van der Waals surface area contributed by atoms with Crippen molar-refractivity contribution in [1.29, 1.82) is 0 Å². The largest absolute Gasteiger partial charge is 0.267 e. The van der Waals surface area contributed by atoms with E-state index < -0.39 is 15.8 Å². The second-order valence-electron chi connectivity index (χ2n) is 4.75. The second-order valence-corrected chi connectivity index (χ2v) is 6.47. The monoisotopic (exact) mass is 297 g/mol.